The van der Waals surface area contributed by atoms with Crippen LogP contribution < -0.4 is 10.1 Å². The molecule has 2 aliphatic heterocycles. The molecular formula is C20H31N3O6S2. The van der Waals surface area contributed by atoms with Crippen molar-refractivity contribution in [1.82, 2.24) is 13.9 Å². The molecule has 0 aliphatic carbocycles. The van der Waals surface area contributed by atoms with E-state index in [1.54, 1.807) is 19.1 Å². The first kappa shape index (κ1) is 24.0. The highest BCUT2D eigenvalue weighted by molar-refractivity contribution is 7.89. The van der Waals surface area contributed by atoms with Gasteiger partial charge in [-0.25, -0.2) is 21.1 Å². The third-order valence-electron chi connectivity index (χ3n) is 5.71. The summed E-state index contributed by atoms with van der Waals surface area (Å²) in [6, 6.07) is 6.29. The number of benzene rings is 1. The highest BCUT2D eigenvalue weighted by Gasteiger charge is 2.31. The maximum absolute atomic E-state index is 12.5. The lowest BCUT2D eigenvalue weighted by atomic mass is 9.99. The van der Waals surface area contributed by atoms with Gasteiger partial charge in [0.05, 0.1) is 23.1 Å². The van der Waals surface area contributed by atoms with Crippen LogP contribution in [-0.4, -0.2) is 76.4 Å². The van der Waals surface area contributed by atoms with Gasteiger partial charge in [-0.3, -0.25) is 4.79 Å². The van der Waals surface area contributed by atoms with Crippen molar-refractivity contribution in [2.75, 3.05) is 45.1 Å². The van der Waals surface area contributed by atoms with Crippen molar-refractivity contribution in [3.8, 4) is 5.75 Å². The van der Waals surface area contributed by atoms with Gasteiger partial charge >= 0.3 is 0 Å². The molecule has 1 N–H and O–H groups in total. The van der Waals surface area contributed by atoms with E-state index in [1.807, 2.05) is 0 Å². The maximum atomic E-state index is 12.5. The zero-order valence-electron chi connectivity index (χ0n) is 17.8. The Labute approximate surface area is 184 Å². The summed E-state index contributed by atoms with van der Waals surface area (Å²) >= 11 is 0. The summed E-state index contributed by atoms with van der Waals surface area (Å²) in [7, 11) is -6.73. The van der Waals surface area contributed by atoms with Gasteiger partial charge in [-0.1, -0.05) is 0 Å². The second-order valence-electron chi connectivity index (χ2n) is 7.82. The number of piperidine rings is 1. The van der Waals surface area contributed by atoms with Crippen molar-refractivity contribution < 1.29 is 26.4 Å². The number of rotatable bonds is 9. The zero-order chi connectivity index (χ0) is 22.5. The monoisotopic (exact) mass is 473 g/mol. The molecule has 1 aromatic rings. The van der Waals surface area contributed by atoms with Gasteiger partial charge in [0.15, 0.2) is 0 Å². The Balaban J connectivity index is 1.44. The Morgan fingerprint density at radius 2 is 1.68 bits per heavy atom. The van der Waals surface area contributed by atoms with E-state index in [-0.39, 0.29) is 42.2 Å². The molecule has 1 unspecified atom stereocenters. The maximum Gasteiger partial charge on any atom is 0.243 e. The van der Waals surface area contributed by atoms with Crippen LogP contribution in [0.15, 0.2) is 29.2 Å². The fourth-order valence-electron chi connectivity index (χ4n) is 3.86. The van der Waals surface area contributed by atoms with Crippen molar-refractivity contribution in [3.05, 3.63) is 24.3 Å². The van der Waals surface area contributed by atoms with Crippen LogP contribution in [0.3, 0.4) is 0 Å². The van der Waals surface area contributed by atoms with Crippen LogP contribution in [-0.2, 0) is 24.8 Å². The molecule has 0 radical (unpaired) electrons. The van der Waals surface area contributed by atoms with Crippen molar-refractivity contribution in [3.63, 3.8) is 0 Å². The van der Waals surface area contributed by atoms with E-state index < -0.39 is 20.0 Å². The van der Waals surface area contributed by atoms with Gasteiger partial charge < -0.3 is 10.1 Å². The van der Waals surface area contributed by atoms with E-state index >= 15 is 0 Å². The number of hydrogen-bond acceptors (Lipinski definition) is 6. The summed E-state index contributed by atoms with van der Waals surface area (Å²) in [4.78, 5) is 12.6. The molecule has 11 heteroatoms. The van der Waals surface area contributed by atoms with E-state index in [9.17, 15) is 21.6 Å². The minimum absolute atomic E-state index is 0.0350. The Kier molecular flexibility index (Phi) is 7.95. The highest BCUT2D eigenvalue weighted by atomic mass is 32.2. The van der Waals surface area contributed by atoms with Crippen LogP contribution in [0.2, 0.25) is 0 Å². The Morgan fingerprint density at radius 3 is 2.32 bits per heavy atom. The van der Waals surface area contributed by atoms with Gasteiger partial charge in [0.25, 0.3) is 0 Å². The normalized spacial score (nSPS) is 21.1. The smallest absolute Gasteiger partial charge is 0.243 e. The number of nitrogens with one attached hydrogen (secondary N) is 1. The number of nitrogens with zero attached hydrogens (tertiary/aromatic N) is 2. The van der Waals surface area contributed by atoms with Gasteiger partial charge in [-0.15, -0.1) is 0 Å². The van der Waals surface area contributed by atoms with Crippen LogP contribution in [0, 0.1) is 5.92 Å². The van der Waals surface area contributed by atoms with Gasteiger partial charge in [0, 0.05) is 26.2 Å². The molecule has 3 rings (SSSR count). The summed E-state index contributed by atoms with van der Waals surface area (Å²) in [6.07, 6.45) is 3.11. The molecule has 1 aromatic carbocycles. The zero-order valence-corrected chi connectivity index (χ0v) is 19.5. The molecule has 2 fully saturated rings. The number of carbonyl (C=O) groups is 1. The molecule has 0 saturated carbocycles. The molecule has 31 heavy (non-hydrogen) atoms. The van der Waals surface area contributed by atoms with Gasteiger partial charge in [0.1, 0.15) is 12.4 Å². The van der Waals surface area contributed by atoms with Gasteiger partial charge in [0.2, 0.25) is 26.0 Å². The Bertz CT molecular complexity index is 957. The fraction of sp³-hybridized carbons (Fsp3) is 0.650. The summed E-state index contributed by atoms with van der Waals surface area (Å²) in [5.74, 6) is 0.0251. The van der Waals surface area contributed by atoms with Crippen LogP contribution >= 0.6 is 0 Å². The molecule has 2 saturated heterocycles. The summed E-state index contributed by atoms with van der Waals surface area (Å²) in [5.41, 5.74) is 0. The van der Waals surface area contributed by atoms with E-state index in [0.717, 1.165) is 12.8 Å². The highest BCUT2D eigenvalue weighted by Crippen LogP contribution is 2.23. The number of carbonyl (C=O) groups excluding carboxylic acids is 1. The van der Waals surface area contributed by atoms with Crippen molar-refractivity contribution in [1.29, 1.82) is 0 Å². The molecule has 0 spiro atoms. The van der Waals surface area contributed by atoms with Crippen molar-refractivity contribution in [2.45, 2.75) is 37.5 Å². The average molecular weight is 474 g/mol. The summed E-state index contributed by atoms with van der Waals surface area (Å²) in [6.45, 7) is 3.91. The van der Waals surface area contributed by atoms with Crippen LogP contribution in [0.5, 0.6) is 5.75 Å². The molecule has 1 amide bonds. The predicted octanol–water partition coefficient (Wildman–Crippen LogP) is 1.03. The Hall–Kier alpha value is -1.69. The lowest BCUT2D eigenvalue weighted by molar-refractivity contribution is -0.126. The molecule has 1 atom stereocenters. The first-order chi connectivity index (χ1) is 14.7. The predicted molar refractivity (Wildman–Crippen MR) is 117 cm³/mol. The standard InChI is InChI=1S/C20H31N3O6S2/c1-2-30(25,26)23-14-5-6-17(16-23)20(24)21-11-15-29-18-7-9-19(10-8-18)31(27,28)22-12-3-4-13-22/h7-10,17H,2-6,11-16H2,1H3,(H,21,24). The Morgan fingerprint density at radius 1 is 1.03 bits per heavy atom. The van der Waals surface area contributed by atoms with E-state index in [4.69, 9.17) is 4.74 Å². The third kappa shape index (κ3) is 5.97. The minimum Gasteiger partial charge on any atom is -0.492 e. The van der Waals surface area contributed by atoms with Crippen LogP contribution in [0.1, 0.15) is 32.6 Å². The largest absolute Gasteiger partial charge is 0.492 e. The third-order valence-corrected chi connectivity index (χ3v) is 9.47. The second-order valence-corrected chi connectivity index (χ2v) is 12.0. The van der Waals surface area contributed by atoms with Gasteiger partial charge in [-0.2, -0.15) is 4.31 Å². The molecule has 2 heterocycles. The first-order valence-electron chi connectivity index (χ1n) is 10.7. The first-order valence-corrected chi connectivity index (χ1v) is 13.8. The average Bonchev–Trinajstić information content (AvgIpc) is 3.33. The SMILES string of the molecule is CCS(=O)(=O)N1CCCC(C(=O)NCCOc2ccc(S(=O)(=O)N3CCCC3)cc2)C1. The topological polar surface area (TPSA) is 113 Å². The molecule has 0 bridgehead atoms. The fourth-order valence-corrected chi connectivity index (χ4v) is 6.56. The van der Waals surface area contributed by atoms with Crippen molar-refractivity contribution >= 4 is 26.0 Å². The molecule has 0 aromatic heterocycles. The number of sulfonamides is 2. The van der Waals surface area contributed by atoms with E-state index in [1.165, 1.54) is 20.7 Å². The van der Waals surface area contributed by atoms with Crippen LogP contribution in [0.4, 0.5) is 0 Å². The lowest BCUT2D eigenvalue weighted by Gasteiger charge is -2.30. The van der Waals surface area contributed by atoms with E-state index in [0.29, 0.717) is 38.2 Å². The van der Waals surface area contributed by atoms with Gasteiger partial charge in [-0.05, 0) is 56.9 Å². The molecule has 2 aliphatic rings. The molecule has 174 valence electrons. The molecule has 9 nitrogen and oxygen atoms in total. The second kappa shape index (κ2) is 10.3. The lowest BCUT2D eigenvalue weighted by Crippen LogP contribution is -2.46. The summed E-state index contributed by atoms with van der Waals surface area (Å²) in [5, 5.41) is 2.80. The minimum atomic E-state index is -3.45. The summed E-state index contributed by atoms with van der Waals surface area (Å²) < 4.78 is 57.6. The van der Waals surface area contributed by atoms with Crippen LogP contribution in [0.25, 0.3) is 0 Å². The van der Waals surface area contributed by atoms with E-state index in [2.05, 4.69) is 5.32 Å². The quantitative estimate of drug-likeness (QED) is 0.536. The number of amides is 1. The number of ether oxygens (including phenoxy) is 1. The van der Waals surface area contributed by atoms with Crippen molar-refractivity contribution in [2.24, 2.45) is 5.92 Å². The molecular weight excluding hydrogens is 442 g/mol. The number of hydrogen-bond donors (Lipinski definition) is 1.